The number of esters is 1. The quantitative estimate of drug-likeness (QED) is 0.345. The predicted octanol–water partition coefficient (Wildman–Crippen LogP) is 5.26. The van der Waals surface area contributed by atoms with E-state index in [-0.39, 0.29) is 11.6 Å². The molecule has 1 aliphatic rings. The zero-order chi connectivity index (χ0) is 19.9. The van der Waals surface area contributed by atoms with Crippen LogP contribution in [0.1, 0.15) is 37.3 Å². The van der Waals surface area contributed by atoms with Crippen molar-refractivity contribution in [3.05, 3.63) is 64.3 Å². The third-order valence-corrected chi connectivity index (χ3v) is 4.46. The molecule has 1 heterocycles. The summed E-state index contributed by atoms with van der Waals surface area (Å²) in [6, 6.07) is 12.6. The number of unbranched alkanes of at least 4 members (excludes halogenated alkanes) is 2. The maximum Gasteiger partial charge on any atom is 0.363 e. The van der Waals surface area contributed by atoms with Crippen molar-refractivity contribution in [1.29, 1.82) is 0 Å². The number of carbonyl (C=O) groups is 1. The Kier molecular flexibility index (Phi) is 6.71. The molecule has 3 rings (SSSR count). The maximum atomic E-state index is 12.3. The SMILES string of the molecule is CCCCCOc1ccccc1/C=C1\N=C(c2cc(Cl)ccc2OC)OC1=O. The first-order valence-corrected chi connectivity index (χ1v) is 9.58. The van der Waals surface area contributed by atoms with Crippen LogP contribution >= 0.6 is 11.6 Å². The van der Waals surface area contributed by atoms with Crippen LogP contribution in [0.25, 0.3) is 6.08 Å². The lowest BCUT2D eigenvalue weighted by atomic mass is 10.1. The monoisotopic (exact) mass is 399 g/mol. The van der Waals surface area contributed by atoms with Crippen LogP contribution in [0, 0.1) is 0 Å². The Morgan fingerprint density at radius 3 is 2.75 bits per heavy atom. The Morgan fingerprint density at radius 1 is 1.14 bits per heavy atom. The fraction of sp³-hybridized carbons (Fsp3) is 0.273. The summed E-state index contributed by atoms with van der Waals surface area (Å²) in [5, 5.41) is 0.498. The minimum absolute atomic E-state index is 0.164. The minimum atomic E-state index is -0.530. The highest BCUT2D eigenvalue weighted by molar-refractivity contribution is 6.31. The average Bonchev–Trinajstić information content (AvgIpc) is 3.06. The van der Waals surface area contributed by atoms with Gasteiger partial charge in [-0.2, -0.15) is 0 Å². The second kappa shape index (κ2) is 9.42. The van der Waals surface area contributed by atoms with Gasteiger partial charge in [-0.1, -0.05) is 49.6 Å². The molecular formula is C22H22ClNO4. The van der Waals surface area contributed by atoms with E-state index in [0.717, 1.165) is 24.8 Å². The topological polar surface area (TPSA) is 57.1 Å². The molecular weight excluding hydrogens is 378 g/mol. The fourth-order valence-electron chi connectivity index (χ4n) is 2.78. The van der Waals surface area contributed by atoms with Crippen LogP contribution in [0.4, 0.5) is 0 Å². The van der Waals surface area contributed by atoms with Crippen molar-refractivity contribution >= 4 is 29.5 Å². The van der Waals surface area contributed by atoms with Gasteiger partial charge in [0.2, 0.25) is 5.90 Å². The van der Waals surface area contributed by atoms with Crippen molar-refractivity contribution in [2.45, 2.75) is 26.2 Å². The predicted molar refractivity (Wildman–Crippen MR) is 110 cm³/mol. The molecule has 146 valence electrons. The van der Waals surface area contributed by atoms with Gasteiger partial charge in [0.05, 0.1) is 19.3 Å². The molecule has 0 saturated carbocycles. The third kappa shape index (κ3) is 4.73. The molecule has 1 aliphatic heterocycles. The summed E-state index contributed by atoms with van der Waals surface area (Å²) in [6.07, 6.45) is 4.90. The zero-order valence-corrected chi connectivity index (χ0v) is 16.7. The number of carbonyl (C=O) groups excluding carboxylic acids is 1. The van der Waals surface area contributed by atoms with Gasteiger partial charge in [0, 0.05) is 10.6 Å². The molecule has 0 radical (unpaired) electrons. The summed E-state index contributed by atoms with van der Waals surface area (Å²) in [6.45, 7) is 2.78. The molecule has 0 aliphatic carbocycles. The lowest BCUT2D eigenvalue weighted by Crippen LogP contribution is -2.07. The number of nitrogens with zero attached hydrogens (tertiary/aromatic N) is 1. The molecule has 2 aromatic rings. The number of benzene rings is 2. The molecule has 0 unspecified atom stereocenters. The molecule has 0 fully saturated rings. The van der Waals surface area contributed by atoms with E-state index in [2.05, 4.69) is 11.9 Å². The van der Waals surface area contributed by atoms with Crippen molar-refractivity contribution < 1.29 is 19.0 Å². The molecule has 6 heteroatoms. The lowest BCUT2D eigenvalue weighted by Gasteiger charge is -2.08. The van der Waals surface area contributed by atoms with E-state index in [1.807, 2.05) is 24.3 Å². The zero-order valence-electron chi connectivity index (χ0n) is 15.9. The summed E-state index contributed by atoms with van der Waals surface area (Å²) >= 11 is 6.06. The van der Waals surface area contributed by atoms with Crippen molar-refractivity contribution in [2.24, 2.45) is 4.99 Å². The summed E-state index contributed by atoms with van der Waals surface area (Å²) in [7, 11) is 1.53. The molecule has 0 aromatic heterocycles. The first kappa shape index (κ1) is 20.0. The number of aliphatic imine (C=N–C) groups is 1. The number of rotatable bonds is 8. The van der Waals surface area contributed by atoms with E-state index in [9.17, 15) is 4.79 Å². The van der Waals surface area contributed by atoms with Gasteiger partial charge in [-0.05, 0) is 36.8 Å². The molecule has 28 heavy (non-hydrogen) atoms. The van der Waals surface area contributed by atoms with E-state index in [0.29, 0.717) is 28.7 Å². The minimum Gasteiger partial charge on any atom is -0.496 e. The summed E-state index contributed by atoms with van der Waals surface area (Å²) in [5.74, 6) is 0.870. The Balaban J connectivity index is 1.87. The van der Waals surface area contributed by atoms with Gasteiger partial charge >= 0.3 is 5.97 Å². The summed E-state index contributed by atoms with van der Waals surface area (Å²) < 4.78 is 16.5. The van der Waals surface area contributed by atoms with Crippen LogP contribution in [0.2, 0.25) is 5.02 Å². The number of hydrogen-bond donors (Lipinski definition) is 0. The van der Waals surface area contributed by atoms with E-state index in [4.69, 9.17) is 25.8 Å². The number of para-hydroxylation sites is 1. The Morgan fingerprint density at radius 2 is 1.96 bits per heavy atom. The lowest BCUT2D eigenvalue weighted by molar-refractivity contribution is -0.129. The first-order chi connectivity index (χ1) is 13.6. The number of hydrogen-bond acceptors (Lipinski definition) is 5. The third-order valence-electron chi connectivity index (χ3n) is 4.23. The molecule has 0 saturated heterocycles. The maximum absolute atomic E-state index is 12.3. The molecule has 0 N–H and O–H groups in total. The largest absolute Gasteiger partial charge is 0.496 e. The van der Waals surface area contributed by atoms with Crippen LogP contribution in [0.5, 0.6) is 11.5 Å². The molecule has 0 atom stereocenters. The van der Waals surface area contributed by atoms with Gasteiger partial charge in [0.25, 0.3) is 0 Å². The van der Waals surface area contributed by atoms with Crippen LogP contribution in [-0.4, -0.2) is 25.6 Å². The van der Waals surface area contributed by atoms with Gasteiger partial charge in [-0.15, -0.1) is 0 Å². The number of methoxy groups -OCH3 is 1. The highest BCUT2D eigenvalue weighted by Gasteiger charge is 2.26. The van der Waals surface area contributed by atoms with Crippen LogP contribution in [-0.2, 0) is 9.53 Å². The van der Waals surface area contributed by atoms with Crippen LogP contribution < -0.4 is 9.47 Å². The Hall–Kier alpha value is -2.79. The number of cyclic esters (lactones) is 1. The van der Waals surface area contributed by atoms with Crippen LogP contribution in [0.15, 0.2) is 53.2 Å². The van der Waals surface area contributed by atoms with Crippen molar-refractivity contribution in [3.63, 3.8) is 0 Å². The highest BCUT2D eigenvalue weighted by Crippen LogP contribution is 2.29. The van der Waals surface area contributed by atoms with E-state index < -0.39 is 5.97 Å². The van der Waals surface area contributed by atoms with E-state index in [1.165, 1.54) is 7.11 Å². The van der Waals surface area contributed by atoms with Crippen molar-refractivity contribution in [2.75, 3.05) is 13.7 Å². The molecule has 2 aromatic carbocycles. The summed E-state index contributed by atoms with van der Waals surface area (Å²) in [5.41, 5.74) is 1.49. The van der Waals surface area contributed by atoms with E-state index >= 15 is 0 Å². The number of ether oxygens (including phenoxy) is 3. The average molecular weight is 400 g/mol. The normalized spacial score (nSPS) is 14.8. The van der Waals surface area contributed by atoms with Crippen molar-refractivity contribution in [3.8, 4) is 11.5 Å². The molecule has 5 nitrogen and oxygen atoms in total. The van der Waals surface area contributed by atoms with Crippen molar-refractivity contribution in [1.82, 2.24) is 0 Å². The smallest absolute Gasteiger partial charge is 0.363 e. The second-order valence-electron chi connectivity index (χ2n) is 6.27. The molecule has 0 amide bonds. The summed E-state index contributed by atoms with van der Waals surface area (Å²) in [4.78, 5) is 16.7. The second-order valence-corrected chi connectivity index (χ2v) is 6.71. The van der Waals surface area contributed by atoms with Gasteiger partial charge in [-0.3, -0.25) is 0 Å². The first-order valence-electron chi connectivity index (χ1n) is 9.20. The van der Waals surface area contributed by atoms with Gasteiger partial charge in [0.15, 0.2) is 5.70 Å². The highest BCUT2D eigenvalue weighted by atomic mass is 35.5. The molecule has 0 bridgehead atoms. The molecule has 0 spiro atoms. The Bertz CT molecular complexity index is 921. The van der Waals surface area contributed by atoms with Gasteiger partial charge < -0.3 is 14.2 Å². The standard InChI is InChI=1S/C22H22ClNO4/c1-3-4-7-12-27-19-9-6-5-8-15(19)13-18-22(25)28-21(24-18)17-14-16(23)10-11-20(17)26-2/h5-6,8-11,13-14H,3-4,7,12H2,1-2H3/b18-13-. The van der Waals surface area contributed by atoms with Crippen LogP contribution in [0.3, 0.4) is 0 Å². The number of halogens is 1. The Labute approximate surface area is 169 Å². The van der Waals surface area contributed by atoms with E-state index in [1.54, 1.807) is 24.3 Å². The fourth-order valence-corrected chi connectivity index (χ4v) is 2.96. The van der Waals surface area contributed by atoms with Gasteiger partial charge in [-0.25, -0.2) is 9.79 Å². The van der Waals surface area contributed by atoms with Gasteiger partial charge in [0.1, 0.15) is 11.5 Å².